The van der Waals surface area contributed by atoms with E-state index in [4.69, 9.17) is 0 Å². The molecule has 0 N–H and O–H groups in total. The summed E-state index contributed by atoms with van der Waals surface area (Å²) in [6.45, 7) is 2.98. The normalized spacial score (nSPS) is 20.2. The molecule has 0 atom stereocenters. The van der Waals surface area contributed by atoms with Crippen molar-refractivity contribution in [1.82, 2.24) is 25.2 Å². The first-order chi connectivity index (χ1) is 10.9. The first-order valence-corrected chi connectivity index (χ1v) is 7.93. The predicted molar refractivity (Wildman–Crippen MR) is 80.1 cm³/mol. The molecule has 2 fully saturated rings. The fourth-order valence-electron chi connectivity index (χ4n) is 3.30. The molecule has 0 spiro atoms. The van der Waals surface area contributed by atoms with E-state index >= 15 is 0 Å². The molecule has 1 aliphatic heterocycles. The van der Waals surface area contributed by atoms with Crippen LogP contribution in [0.2, 0.25) is 0 Å². The van der Waals surface area contributed by atoms with Gasteiger partial charge in [-0.2, -0.15) is 0 Å². The lowest BCUT2D eigenvalue weighted by molar-refractivity contribution is 0.194. The second-order valence-corrected chi connectivity index (χ2v) is 6.11. The van der Waals surface area contributed by atoms with Crippen LogP contribution < -0.4 is 4.90 Å². The van der Waals surface area contributed by atoms with Gasteiger partial charge in [-0.3, -0.25) is 4.90 Å². The molecule has 2 aliphatic rings. The van der Waals surface area contributed by atoms with Gasteiger partial charge in [0.05, 0.1) is 6.20 Å². The zero-order chi connectivity index (χ0) is 14.8. The number of aromatic nitrogens is 4. The van der Waals surface area contributed by atoms with Gasteiger partial charge in [-0.1, -0.05) is 10.3 Å². The summed E-state index contributed by atoms with van der Waals surface area (Å²) >= 11 is 0. The molecule has 3 heterocycles. The Labute approximate surface area is 129 Å². The van der Waals surface area contributed by atoms with Crippen LogP contribution in [0.4, 0.5) is 5.82 Å². The predicted octanol–water partition coefficient (Wildman–Crippen LogP) is 1.49. The maximum atomic E-state index is 4.66. The van der Waals surface area contributed by atoms with E-state index in [1.54, 1.807) is 12.5 Å². The number of piperidine rings is 1. The second kappa shape index (κ2) is 6.00. The Morgan fingerprint density at radius 3 is 2.64 bits per heavy atom. The van der Waals surface area contributed by atoms with Gasteiger partial charge in [0.25, 0.3) is 0 Å². The van der Waals surface area contributed by atoms with E-state index < -0.39 is 0 Å². The summed E-state index contributed by atoms with van der Waals surface area (Å²) in [7, 11) is 0. The van der Waals surface area contributed by atoms with Gasteiger partial charge in [0, 0.05) is 37.9 Å². The van der Waals surface area contributed by atoms with Crippen molar-refractivity contribution in [3.05, 3.63) is 30.5 Å². The Bertz CT molecular complexity index is 577. The molecule has 7 nitrogen and oxygen atoms in total. The molecule has 2 aromatic rings. The summed E-state index contributed by atoms with van der Waals surface area (Å²) in [6, 6.07) is 3.28. The highest BCUT2D eigenvalue weighted by molar-refractivity contribution is 5.41. The summed E-state index contributed by atoms with van der Waals surface area (Å²) in [5.41, 5.74) is 0.910. The van der Waals surface area contributed by atoms with Gasteiger partial charge in [0.2, 0.25) is 0 Å². The summed E-state index contributed by atoms with van der Waals surface area (Å²) in [6.07, 6.45) is 10.1. The lowest BCUT2D eigenvalue weighted by atomic mass is 10.0. The van der Waals surface area contributed by atoms with E-state index in [0.717, 1.165) is 44.0 Å². The number of hydrogen-bond acceptors (Lipinski definition) is 7. The van der Waals surface area contributed by atoms with Crippen LogP contribution in [0, 0.1) is 0 Å². The number of rotatable bonds is 5. The van der Waals surface area contributed by atoms with E-state index in [1.165, 1.54) is 12.8 Å². The summed E-state index contributed by atoms with van der Waals surface area (Å²) < 4.78 is 4.66. The van der Waals surface area contributed by atoms with E-state index in [1.807, 2.05) is 12.3 Å². The van der Waals surface area contributed by atoms with Crippen molar-refractivity contribution < 1.29 is 4.63 Å². The minimum atomic E-state index is 0.578. The minimum Gasteiger partial charge on any atom is -0.350 e. The van der Waals surface area contributed by atoms with Gasteiger partial charge in [-0.25, -0.2) is 14.6 Å². The average molecular weight is 300 g/mol. The molecule has 2 aromatic heterocycles. The maximum absolute atomic E-state index is 4.66. The minimum absolute atomic E-state index is 0.578. The van der Waals surface area contributed by atoms with Gasteiger partial charge in [0.1, 0.15) is 17.8 Å². The third kappa shape index (κ3) is 2.94. The number of hydrogen-bond donors (Lipinski definition) is 0. The van der Waals surface area contributed by atoms with Crippen LogP contribution in [-0.4, -0.2) is 50.4 Å². The number of anilines is 1. The SMILES string of the molecule is c1cc(N(C2CC2)C2CCN(Cc3cnon3)CC2)ncn1. The lowest BCUT2D eigenvalue weighted by Gasteiger charge is -2.39. The molecular formula is C15H20N6O. The standard InChI is InChI=1S/C15H20N6O/c1-2-13(1)21(15-3-6-16-11-17-15)14-4-7-20(8-5-14)10-12-9-18-22-19-12/h3,6,9,11,13-14H,1-2,4-5,7-8,10H2. The first kappa shape index (κ1) is 13.6. The topological polar surface area (TPSA) is 71.2 Å². The number of nitrogens with zero attached hydrogens (tertiary/aromatic N) is 6. The molecule has 0 radical (unpaired) electrons. The highest BCUT2D eigenvalue weighted by atomic mass is 16.6. The molecule has 7 heteroatoms. The fraction of sp³-hybridized carbons (Fsp3) is 0.600. The van der Waals surface area contributed by atoms with Crippen molar-refractivity contribution in [3.8, 4) is 0 Å². The number of likely N-dealkylation sites (tertiary alicyclic amines) is 1. The molecule has 1 saturated carbocycles. The summed E-state index contributed by atoms with van der Waals surface area (Å²) in [4.78, 5) is 13.4. The third-order valence-electron chi connectivity index (χ3n) is 4.51. The lowest BCUT2D eigenvalue weighted by Crippen LogP contribution is -2.46. The van der Waals surface area contributed by atoms with Crippen LogP contribution in [0.3, 0.4) is 0 Å². The third-order valence-corrected chi connectivity index (χ3v) is 4.51. The van der Waals surface area contributed by atoms with Gasteiger partial charge in [-0.05, 0) is 31.7 Å². The van der Waals surface area contributed by atoms with Crippen LogP contribution in [0.5, 0.6) is 0 Å². The Morgan fingerprint density at radius 2 is 2.00 bits per heavy atom. The Hall–Kier alpha value is -2.02. The maximum Gasteiger partial charge on any atom is 0.132 e. The van der Waals surface area contributed by atoms with Crippen molar-refractivity contribution in [2.45, 2.75) is 44.3 Å². The zero-order valence-electron chi connectivity index (χ0n) is 12.5. The molecular weight excluding hydrogens is 280 g/mol. The van der Waals surface area contributed by atoms with Crippen LogP contribution in [-0.2, 0) is 6.54 Å². The van der Waals surface area contributed by atoms with Crippen LogP contribution in [0.15, 0.2) is 29.4 Å². The van der Waals surface area contributed by atoms with Crippen molar-refractivity contribution >= 4 is 5.82 Å². The van der Waals surface area contributed by atoms with Crippen LogP contribution in [0.25, 0.3) is 0 Å². The van der Waals surface area contributed by atoms with E-state index in [9.17, 15) is 0 Å². The molecule has 1 saturated heterocycles. The van der Waals surface area contributed by atoms with Crippen molar-refractivity contribution in [2.75, 3.05) is 18.0 Å². The zero-order valence-corrected chi connectivity index (χ0v) is 12.5. The van der Waals surface area contributed by atoms with E-state index in [0.29, 0.717) is 12.1 Å². The molecule has 1 aliphatic carbocycles. The van der Waals surface area contributed by atoms with Crippen LogP contribution >= 0.6 is 0 Å². The van der Waals surface area contributed by atoms with Crippen molar-refractivity contribution in [1.29, 1.82) is 0 Å². The van der Waals surface area contributed by atoms with Gasteiger partial charge < -0.3 is 4.90 Å². The highest BCUT2D eigenvalue weighted by Crippen LogP contribution is 2.35. The monoisotopic (exact) mass is 300 g/mol. The largest absolute Gasteiger partial charge is 0.350 e. The van der Waals surface area contributed by atoms with Crippen molar-refractivity contribution in [2.24, 2.45) is 0 Å². The molecule has 0 bridgehead atoms. The molecule has 0 aromatic carbocycles. The molecule has 0 unspecified atom stereocenters. The van der Waals surface area contributed by atoms with E-state index in [-0.39, 0.29) is 0 Å². The molecule has 4 rings (SSSR count). The average Bonchev–Trinajstić information content (AvgIpc) is 3.26. The summed E-state index contributed by atoms with van der Waals surface area (Å²) in [5, 5.41) is 7.56. The smallest absolute Gasteiger partial charge is 0.132 e. The Morgan fingerprint density at radius 1 is 1.18 bits per heavy atom. The highest BCUT2D eigenvalue weighted by Gasteiger charge is 2.36. The van der Waals surface area contributed by atoms with Gasteiger partial charge in [0.15, 0.2) is 0 Å². The quantitative estimate of drug-likeness (QED) is 0.828. The van der Waals surface area contributed by atoms with Gasteiger partial charge >= 0.3 is 0 Å². The van der Waals surface area contributed by atoms with Gasteiger partial charge in [-0.15, -0.1) is 0 Å². The molecule has 0 amide bonds. The van der Waals surface area contributed by atoms with Crippen LogP contribution in [0.1, 0.15) is 31.4 Å². The molecule has 116 valence electrons. The summed E-state index contributed by atoms with van der Waals surface area (Å²) in [5.74, 6) is 1.08. The van der Waals surface area contributed by atoms with Crippen molar-refractivity contribution in [3.63, 3.8) is 0 Å². The first-order valence-electron chi connectivity index (χ1n) is 7.93. The second-order valence-electron chi connectivity index (χ2n) is 6.11. The molecule has 22 heavy (non-hydrogen) atoms. The fourth-order valence-corrected chi connectivity index (χ4v) is 3.30. The Balaban J connectivity index is 1.39. The van der Waals surface area contributed by atoms with E-state index in [2.05, 4.69) is 34.7 Å². The Kier molecular flexibility index (Phi) is 3.72.